The van der Waals surface area contributed by atoms with Gasteiger partial charge in [0.15, 0.2) is 0 Å². The lowest BCUT2D eigenvalue weighted by atomic mass is 9.84. The number of benzene rings is 2. The van der Waals surface area contributed by atoms with Crippen LogP contribution in [0.1, 0.15) is 59.5 Å². The lowest BCUT2D eigenvalue weighted by Gasteiger charge is -2.22. The summed E-state index contributed by atoms with van der Waals surface area (Å²) < 4.78 is 1.29. The quantitative estimate of drug-likeness (QED) is 0.352. The SMILES string of the molecule is BrC(c1ccc(C2CCCCC2)cc1)c1cccc(I)c1. The molecule has 1 atom stereocenters. The van der Waals surface area contributed by atoms with Gasteiger partial charge in [0.2, 0.25) is 0 Å². The summed E-state index contributed by atoms with van der Waals surface area (Å²) in [6.07, 6.45) is 6.96. The van der Waals surface area contributed by atoms with Crippen molar-refractivity contribution in [3.63, 3.8) is 0 Å². The van der Waals surface area contributed by atoms with Gasteiger partial charge in [-0.05, 0) is 70.2 Å². The maximum atomic E-state index is 3.85. The van der Waals surface area contributed by atoms with Gasteiger partial charge in [-0.2, -0.15) is 0 Å². The van der Waals surface area contributed by atoms with Crippen molar-refractivity contribution in [2.45, 2.75) is 42.8 Å². The monoisotopic (exact) mass is 454 g/mol. The van der Waals surface area contributed by atoms with Crippen molar-refractivity contribution >= 4 is 38.5 Å². The molecule has 1 fully saturated rings. The second-order valence-corrected chi connectivity index (χ2v) is 8.08. The van der Waals surface area contributed by atoms with Crippen LogP contribution in [0.4, 0.5) is 0 Å². The van der Waals surface area contributed by atoms with E-state index >= 15 is 0 Å². The van der Waals surface area contributed by atoms with Crippen LogP contribution in [0.15, 0.2) is 48.5 Å². The Morgan fingerprint density at radius 1 is 0.905 bits per heavy atom. The van der Waals surface area contributed by atoms with Crippen molar-refractivity contribution < 1.29 is 0 Å². The maximum Gasteiger partial charge on any atom is 0.0645 e. The van der Waals surface area contributed by atoms with E-state index < -0.39 is 0 Å². The molecule has 0 amide bonds. The molecular weight excluding hydrogens is 435 g/mol. The summed E-state index contributed by atoms with van der Waals surface area (Å²) in [7, 11) is 0. The number of hydrogen-bond acceptors (Lipinski definition) is 0. The molecule has 0 aliphatic heterocycles. The van der Waals surface area contributed by atoms with Crippen LogP contribution in [0.3, 0.4) is 0 Å². The van der Waals surface area contributed by atoms with Crippen molar-refractivity contribution in [2.24, 2.45) is 0 Å². The third-order valence-electron chi connectivity index (χ3n) is 4.45. The van der Waals surface area contributed by atoms with E-state index in [0.29, 0.717) is 0 Å². The average molecular weight is 455 g/mol. The highest BCUT2D eigenvalue weighted by atomic mass is 127. The molecule has 3 rings (SSSR count). The Kier molecular flexibility index (Phi) is 5.38. The van der Waals surface area contributed by atoms with Gasteiger partial charge in [-0.1, -0.05) is 71.6 Å². The van der Waals surface area contributed by atoms with Crippen LogP contribution in [-0.4, -0.2) is 0 Å². The Bertz CT molecular complexity index is 585. The van der Waals surface area contributed by atoms with Crippen molar-refractivity contribution in [3.8, 4) is 0 Å². The third-order valence-corrected chi connectivity index (χ3v) is 6.18. The van der Waals surface area contributed by atoms with Crippen LogP contribution >= 0.6 is 38.5 Å². The van der Waals surface area contributed by atoms with E-state index in [1.165, 1.54) is 52.4 Å². The van der Waals surface area contributed by atoms with Crippen molar-refractivity contribution in [1.82, 2.24) is 0 Å². The van der Waals surface area contributed by atoms with Gasteiger partial charge in [0.05, 0.1) is 4.83 Å². The van der Waals surface area contributed by atoms with Crippen LogP contribution < -0.4 is 0 Å². The Labute approximate surface area is 149 Å². The number of halogens is 2. The van der Waals surface area contributed by atoms with Crippen LogP contribution in [0.25, 0.3) is 0 Å². The van der Waals surface area contributed by atoms with Gasteiger partial charge >= 0.3 is 0 Å². The molecule has 1 aliphatic rings. The van der Waals surface area contributed by atoms with Gasteiger partial charge in [0.1, 0.15) is 0 Å². The van der Waals surface area contributed by atoms with Gasteiger partial charge < -0.3 is 0 Å². The topological polar surface area (TPSA) is 0 Å². The number of alkyl halides is 1. The Balaban J connectivity index is 1.77. The zero-order valence-corrected chi connectivity index (χ0v) is 15.8. The molecule has 2 aromatic carbocycles. The predicted molar refractivity (Wildman–Crippen MR) is 102 cm³/mol. The second kappa shape index (κ2) is 7.28. The first-order chi connectivity index (χ1) is 10.2. The Morgan fingerprint density at radius 2 is 1.62 bits per heavy atom. The Hall–Kier alpha value is -0.350. The fourth-order valence-corrected chi connectivity index (χ4v) is 4.39. The van der Waals surface area contributed by atoms with E-state index in [2.05, 4.69) is 87.1 Å². The predicted octanol–water partition coefficient (Wildman–Crippen LogP) is 6.82. The standard InChI is InChI=1S/C19H20BrI/c20-19(17-7-4-8-18(21)13-17)16-11-9-15(10-12-16)14-5-2-1-3-6-14/h4,7-14,19H,1-3,5-6H2. The highest BCUT2D eigenvalue weighted by molar-refractivity contribution is 14.1. The molecular formula is C19H20BrI. The first-order valence-electron chi connectivity index (χ1n) is 7.73. The van der Waals surface area contributed by atoms with Gasteiger partial charge in [-0.25, -0.2) is 0 Å². The Morgan fingerprint density at radius 3 is 2.29 bits per heavy atom. The lowest BCUT2D eigenvalue weighted by Crippen LogP contribution is -2.04. The molecule has 1 saturated carbocycles. The first-order valence-corrected chi connectivity index (χ1v) is 9.73. The molecule has 110 valence electrons. The van der Waals surface area contributed by atoms with Gasteiger partial charge in [0, 0.05) is 3.57 Å². The molecule has 2 aromatic rings. The summed E-state index contributed by atoms with van der Waals surface area (Å²) in [5, 5.41) is 0. The summed E-state index contributed by atoms with van der Waals surface area (Å²) in [6.45, 7) is 0. The van der Waals surface area contributed by atoms with Crippen molar-refractivity contribution in [1.29, 1.82) is 0 Å². The normalized spacial score (nSPS) is 17.6. The van der Waals surface area contributed by atoms with E-state index in [1.807, 2.05) is 0 Å². The molecule has 0 heterocycles. The minimum absolute atomic E-state index is 0.285. The second-order valence-electron chi connectivity index (χ2n) is 5.92. The molecule has 0 aromatic heterocycles. The zero-order chi connectivity index (χ0) is 14.7. The molecule has 0 saturated heterocycles. The van der Waals surface area contributed by atoms with Gasteiger partial charge in [0.25, 0.3) is 0 Å². The van der Waals surface area contributed by atoms with Crippen molar-refractivity contribution in [2.75, 3.05) is 0 Å². The maximum absolute atomic E-state index is 3.85. The largest absolute Gasteiger partial charge is 0.0786 e. The highest BCUT2D eigenvalue weighted by Crippen LogP contribution is 2.35. The molecule has 0 N–H and O–H groups in total. The van der Waals surface area contributed by atoms with E-state index in [0.717, 1.165) is 5.92 Å². The molecule has 21 heavy (non-hydrogen) atoms. The third kappa shape index (κ3) is 3.89. The van der Waals surface area contributed by atoms with Crippen LogP contribution in [0.5, 0.6) is 0 Å². The molecule has 1 aliphatic carbocycles. The average Bonchev–Trinajstić information content (AvgIpc) is 2.55. The molecule has 0 radical (unpaired) electrons. The van der Waals surface area contributed by atoms with E-state index in [9.17, 15) is 0 Å². The summed E-state index contributed by atoms with van der Waals surface area (Å²) in [5.41, 5.74) is 4.20. The number of hydrogen-bond donors (Lipinski definition) is 0. The van der Waals surface area contributed by atoms with E-state index in [1.54, 1.807) is 0 Å². The van der Waals surface area contributed by atoms with Crippen LogP contribution in [0.2, 0.25) is 0 Å². The minimum Gasteiger partial charge on any atom is -0.0786 e. The van der Waals surface area contributed by atoms with Gasteiger partial charge in [-0.15, -0.1) is 0 Å². The lowest BCUT2D eigenvalue weighted by molar-refractivity contribution is 0.443. The summed E-state index contributed by atoms with van der Waals surface area (Å²) in [6, 6.07) is 18.0. The molecule has 0 bridgehead atoms. The highest BCUT2D eigenvalue weighted by Gasteiger charge is 2.16. The molecule has 0 nitrogen and oxygen atoms in total. The van der Waals surface area contributed by atoms with Gasteiger partial charge in [-0.3, -0.25) is 0 Å². The fraction of sp³-hybridized carbons (Fsp3) is 0.368. The van der Waals surface area contributed by atoms with E-state index in [4.69, 9.17) is 0 Å². The summed E-state index contributed by atoms with van der Waals surface area (Å²) >= 11 is 6.22. The first kappa shape index (κ1) is 15.5. The fourth-order valence-electron chi connectivity index (χ4n) is 3.23. The summed E-state index contributed by atoms with van der Waals surface area (Å²) in [5.74, 6) is 0.791. The number of rotatable bonds is 3. The molecule has 2 heteroatoms. The summed E-state index contributed by atoms with van der Waals surface area (Å²) in [4.78, 5) is 0.285. The van der Waals surface area contributed by atoms with Crippen LogP contribution in [0, 0.1) is 3.57 Å². The van der Waals surface area contributed by atoms with E-state index in [-0.39, 0.29) is 4.83 Å². The van der Waals surface area contributed by atoms with Crippen molar-refractivity contribution in [3.05, 3.63) is 68.8 Å². The minimum atomic E-state index is 0.285. The molecule has 0 spiro atoms. The zero-order valence-electron chi connectivity index (χ0n) is 12.1. The molecule has 1 unspecified atom stereocenters. The van der Waals surface area contributed by atoms with Crippen LogP contribution in [-0.2, 0) is 0 Å². The smallest absolute Gasteiger partial charge is 0.0645 e.